The molecule has 0 spiro atoms. The highest BCUT2D eigenvalue weighted by molar-refractivity contribution is 7.13. The molecule has 8 nitrogen and oxygen atoms in total. The van der Waals surface area contributed by atoms with Crippen LogP contribution in [0.2, 0.25) is 0 Å². The third kappa shape index (κ3) is 3.92. The van der Waals surface area contributed by atoms with Crippen molar-refractivity contribution in [3.05, 3.63) is 17.8 Å². The van der Waals surface area contributed by atoms with E-state index in [0.717, 1.165) is 25.9 Å². The molecule has 122 valence electrons. The first-order valence-electron chi connectivity index (χ1n) is 7.54. The Hall–Kier alpha value is -2.29. The van der Waals surface area contributed by atoms with Gasteiger partial charge in [0.05, 0.1) is 6.61 Å². The summed E-state index contributed by atoms with van der Waals surface area (Å²) in [5.74, 6) is 1.21. The molecule has 3 heterocycles. The molecule has 1 saturated heterocycles. The highest BCUT2D eigenvalue weighted by Crippen LogP contribution is 2.23. The molecule has 1 amide bonds. The van der Waals surface area contributed by atoms with Crippen molar-refractivity contribution in [2.24, 2.45) is 5.92 Å². The van der Waals surface area contributed by atoms with Crippen molar-refractivity contribution in [3.63, 3.8) is 0 Å². The molecule has 1 aliphatic heterocycles. The van der Waals surface area contributed by atoms with E-state index in [4.69, 9.17) is 4.74 Å². The number of hydrogen-bond acceptors (Lipinski definition) is 8. The average molecular weight is 334 g/mol. The summed E-state index contributed by atoms with van der Waals surface area (Å²) in [6.07, 6.45) is 3.21. The number of ether oxygens (including phenoxy) is 1. The number of anilines is 2. The van der Waals surface area contributed by atoms with Crippen LogP contribution in [0.5, 0.6) is 5.88 Å². The van der Waals surface area contributed by atoms with Crippen molar-refractivity contribution in [3.8, 4) is 5.88 Å². The van der Waals surface area contributed by atoms with Gasteiger partial charge in [-0.3, -0.25) is 4.79 Å². The quantitative estimate of drug-likeness (QED) is 0.887. The van der Waals surface area contributed by atoms with Crippen molar-refractivity contribution in [1.29, 1.82) is 0 Å². The van der Waals surface area contributed by atoms with Crippen molar-refractivity contribution in [1.82, 2.24) is 20.2 Å². The Morgan fingerprint density at radius 1 is 1.48 bits per heavy atom. The normalized spacial score (nSPS) is 15.4. The van der Waals surface area contributed by atoms with Crippen LogP contribution in [0.3, 0.4) is 0 Å². The van der Waals surface area contributed by atoms with Crippen LogP contribution < -0.4 is 15.0 Å². The molecule has 3 rings (SSSR count). The van der Waals surface area contributed by atoms with Crippen LogP contribution in [-0.2, 0) is 4.79 Å². The summed E-state index contributed by atoms with van der Waals surface area (Å²) < 4.78 is 5.40. The molecular formula is C14H18N6O2S. The molecule has 0 aliphatic carbocycles. The Morgan fingerprint density at radius 2 is 2.30 bits per heavy atom. The lowest BCUT2D eigenvalue weighted by Crippen LogP contribution is -2.39. The van der Waals surface area contributed by atoms with E-state index in [2.05, 4.69) is 30.4 Å². The van der Waals surface area contributed by atoms with Gasteiger partial charge in [-0.2, -0.15) is 4.98 Å². The molecule has 1 N–H and O–H groups in total. The molecule has 0 radical (unpaired) electrons. The van der Waals surface area contributed by atoms with Crippen LogP contribution in [0.25, 0.3) is 0 Å². The van der Waals surface area contributed by atoms with Gasteiger partial charge in [0, 0.05) is 31.3 Å². The van der Waals surface area contributed by atoms with Crippen molar-refractivity contribution in [2.75, 3.05) is 29.9 Å². The van der Waals surface area contributed by atoms with Crippen LogP contribution in [0, 0.1) is 5.92 Å². The largest absolute Gasteiger partial charge is 0.478 e. The van der Waals surface area contributed by atoms with Gasteiger partial charge in [-0.1, -0.05) is 11.3 Å². The van der Waals surface area contributed by atoms with Gasteiger partial charge < -0.3 is 15.0 Å². The first kappa shape index (κ1) is 15.6. The maximum Gasteiger partial charge on any atom is 0.229 e. The van der Waals surface area contributed by atoms with Crippen LogP contribution in [-0.4, -0.2) is 45.8 Å². The smallest absolute Gasteiger partial charge is 0.229 e. The number of carbonyl (C=O) groups excluding carboxylic acids is 1. The van der Waals surface area contributed by atoms with Crippen LogP contribution in [0.15, 0.2) is 17.8 Å². The molecule has 0 atom stereocenters. The minimum absolute atomic E-state index is 0.00499. The highest BCUT2D eigenvalue weighted by Gasteiger charge is 2.26. The van der Waals surface area contributed by atoms with Gasteiger partial charge in [-0.05, 0) is 19.8 Å². The summed E-state index contributed by atoms with van der Waals surface area (Å²) in [6, 6.07) is 1.75. The SMILES string of the molecule is CCOc1ccnc(N2CCC(C(=O)Nc3nncs3)CC2)n1. The maximum atomic E-state index is 12.2. The Balaban J connectivity index is 1.55. The third-order valence-electron chi connectivity index (χ3n) is 3.65. The van der Waals surface area contributed by atoms with Crippen molar-refractivity contribution < 1.29 is 9.53 Å². The fraction of sp³-hybridized carbons (Fsp3) is 0.500. The highest BCUT2D eigenvalue weighted by atomic mass is 32.1. The van der Waals surface area contributed by atoms with Crippen LogP contribution >= 0.6 is 11.3 Å². The molecule has 23 heavy (non-hydrogen) atoms. The topological polar surface area (TPSA) is 93.1 Å². The van der Waals surface area contributed by atoms with Crippen LogP contribution in [0.1, 0.15) is 19.8 Å². The zero-order valence-electron chi connectivity index (χ0n) is 12.8. The van der Waals surface area contributed by atoms with Gasteiger partial charge in [-0.15, -0.1) is 10.2 Å². The predicted octanol–water partition coefficient (Wildman–Crippen LogP) is 1.58. The molecule has 0 unspecified atom stereocenters. The van der Waals surface area contributed by atoms with Gasteiger partial charge in [0.2, 0.25) is 22.9 Å². The molecule has 1 fully saturated rings. The standard InChI is InChI=1S/C14H18N6O2S/c1-2-22-11-3-6-15-13(17-11)20-7-4-10(5-8-20)12(21)18-14-19-16-9-23-14/h3,6,9-10H,2,4-5,7-8H2,1H3,(H,18,19,21). The Morgan fingerprint density at radius 3 is 3.00 bits per heavy atom. The average Bonchev–Trinajstić information content (AvgIpc) is 3.08. The molecule has 0 aromatic carbocycles. The second-order valence-corrected chi connectivity index (χ2v) is 5.96. The number of piperidine rings is 1. The van der Waals surface area contributed by atoms with Gasteiger partial charge in [0.1, 0.15) is 5.51 Å². The fourth-order valence-electron chi connectivity index (χ4n) is 2.49. The number of rotatable bonds is 5. The lowest BCUT2D eigenvalue weighted by Gasteiger charge is -2.31. The number of hydrogen-bond donors (Lipinski definition) is 1. The summed E-state index contributed by atoms with van der Waals surface area (Å²) in [5, 5.41) is 10.9. The lowest BCUT2D eigenvalue weighted by atomic mass is 9.96. The fourth-order valence-corrected chi connectivity index (χ4v) is 2.94. The number of nitrogens with one attached hydrogen (secondary N) is 1. The lowest BCUT2D eigenvalue weighted by molar-refractivity contribution is -0.120. The minimum Gasteiger partial charge on any atom is -0.478 e. The van der Waals surface area contributed by atoms with E-state index < -0.39 is 0 Å². The predicted molar refractivity (Wildman–Crippen MR) is 86.7 cm³/mol. The number of aromatic nitrogens is 4. The Bertz CT molecular complexity index is 642. The molecule has 2 aromatic heterocycles. The number of amides is 1. The van der Waals surface area contributed by atoms with Gasteiger partial charge in [-0.25, -0.2) is 4.98 Å². The third-order valence-corrected chi connectivity index (χ3v) is 4.25. The number of carbonyl (C=O) groups is 1. The van der Waals surface area contributed by atoms with E-state index in [-0.39, 0.29) is 11.8 Å². The van der Waals surface area contributed by atoms with Crippen LogP contribution in [0.4, 0.5) is 11.1 Å². The van der Waals surface area contributed by atoms with E-state index in [9.17, 15) is 4.79 Å². The monoisotopic (exact) mass is 334 g/mol. The summed E-state index contributed by atoms with van der Waals surface area (Å²) in [6.45, 7) is 3.97. The summed E-state index contributed by atoms with van der Waals surface area (Å²) in [4.78, 5) is 23.0. The minimum atomic E-state index is -0.0229. The Kier molecular flexibility index (Phi) is 4.96. The van der Waals surface area contributed by atoms with Gasteiger partial charge in [0.15, 0.2) is 0 Å². The van der Waals surface area contributed by atoms with E-state index in [1.807, 2.05) is 6.92 Å². The molecule has 0 saturated carbocycles. The first-order valence-corrected chi connectivity index (χ1v) is 8.42. The van der Waals surface area contributed by atoms with Crippen molar-refractivity contribution >= 4 is 28.3 Å². The van der Waals surface area contributed by atoms with E-state index >= 15 is 0 Å². The van der Waals surface area contributed by atoms with Gasteiger partial charge >= 0.3 is 0 Å². The van der Waals surface area contributed by atoms with E-state index in [1.54, 1.807) is 17.8 Å². The molecule has 2 aromatic rings. The van der Waals surface area contributed by atoms with Gasteiger partial charge in [0.25, 0.3) is 0 Å². The Labute approximate surface area is 137 Å². The zero-order valence-corrected chi connectivity index (χ0v) is 13.6. The molecule has 0 bridgehead atoms. The van der Waals surface area contributed by atoms with E-state index in [1.165, 1.54) is 11.3 Å². The molecule has 1 aliphatic rings. The summed E-state index contributed by atoms with van der Waals surface area (Å²) in [5.41, 5.74) is 1.60. The first-order chi connectivity index (χ1) is 11.3. The second-order valence-electron chi connectivity index (χ2n) is 5.12. The number of nitrogens with zero attached hydrogens (tertiary/aromatic N) is 5. The van der Waals surface area contributed by atoms with E-state index in [0.29, 0.717) is 23.6 Å². The molecule has 9 heteroatoms. The second kappa shape index (κ2) is 7.32. The summed E-state index contributed by atoms with van der Waals surface area (Å²) in [7, 11) is 0. The zero-order chi connectivity index (χ0) is 16.1. The van der Waals surface area contributed by atoms with Crippen molar-refractivity contribution in [2.45, 2.75) is 19.8 Å². The maximum absolute atomic E-state index is 12.2. The molecular weight excluding hydrogens is 316 g/mol. The summed E-state index contributed by atoms with van der Waals surface area (Å²) >= 11 is 1.32.